The van der Waals surface area contributed by atoms with Crippen molar-refractivity contribution in [1.29, 1.82) is 0 Å². The normalized spacial score (nSPS) is 21.2. The van der Waals surface area contributed by atoms with Gasteiger partial charge in [-0.3, -0.25) is 4.90 Å². The number of benzene rings is 1. The van der Waals surface area contributed by atoms with E-state index in [-0.39, 0.29) is 0 Å². The molecule has 16 heavy (non-hydrogen) atoms. The number of thiocarbonyl (C=S) groups is 1. The van der Waals surface area contributed by atoms with Gasteiger partial charge in [-0.1, -0.05) is 36.5 Å². The van der Waals surface area contributed by atoms with Crippen molar-refractivity contribution in [1.82, 2.24) is 4.90 Å². The van der Waals surface area contributed by atoms with E-state index in [1.807, 2.05) is 12.1 Å². The van der Waals surface area contributed by atoms with Gasteiger partial charge in [-0.2, -0.15) is 0 Å². The molecule has 1 saturated heterocycles. The number of rotatable bonds is 3. The molecular formula is C13H18N2S. The van der Waals surface area contributed by atoms with Gasteiger partial charge in [-0.05, 0) is 31.9 Å². The first-order valence-electron chi connectivity index (χ1n) is 5.79. The molecule has 1 fully saturated rings. The maximum Gasteiger partial charge on any atom is 0.103 e. The van der Waals surface area contributed by atoms with Gasteiger partial charge in [-0.25, -0.2) is 0 Å². The van der Waals surface area contributed by atoms with Crippen molar-refractivity contribution in [2.45, 2.75) is 32.4 Å². The Bertz CT molecular complexity index is 372. The molecule has 0 spiro atoms. The van der Waals surface area contributed by atoms with Crippen molar-refractivity contribution >= 4 is 17.2 Å². The highest BCUT2D eigenvalue weighted by Crippen LogP contribution is 2.19. The largest absolute Gasteiger partial charge is 0.389 e. The molecule has 1 aliphatic heterocycles. The van der Waals surface area contributed by atoms with Crippen LogP contribution in [0.2, 0.25) is 0 Å². The summed E-state index contributed by atoms with van der Waals surface area (Å²) in [5.74, 6) is 0. The van der Waals surface area contributed by atoms with E-state index in [1.165, 1.54) is 24.9 Å². The van der Waals surface area contributed by atoms with Gasteiger partial charge in [0.05, 0.1) is 0 Å². The van der Waals surface area contributed by atoms with Crippen LogP contribution in [-0.2, 0) is 6.54 Å². The molecule has 2 N–H and O–H groups in total. The molecular weight excluding hydrogens is 216 g/mol. The second-order valence-corrected chi connectivity index (χ2v) is 4.96. The Morgan fingerprint density at radius 2 is 2.12 bits per heavy atom. The quantitative estimate of drug-likeness (QED) is 0.814. The van der Waals surface area contributed by atoms with Crippen LogP contribution >= 0.6 is 12.2 Å². The van der Waals surface area contributed by atoms with Gasteiger partial charge in [0.25, 0.3) is 0 Å². The van der Waals surface area contributed by atoms with E-state index in [0.29, 0.717) is 4.99 Å². The molecule has 3 heteroatoms. The molecule has 0 radical (unpaired) electrons. The third kappa shape index (κ3) is 2.60. The average molecular weight is 234 g/mol. The molecule has 0 amide bonds. The van der Waals surface area contributed by atoms with Crippen LogP contribution in [0.3, 0.4) is 0 Å². The van der Waals surface area contributed by atoms with Gasteiger partial charge < -0.3 is 5.73 Å². The Balaban J connectivity index is 2.02. The lowest BCUT2D eigenvalue weighted by molar-refractivity contribution is 0.260. The van der Waals surface area contributed by atoms with Gasteiger partial charge in [0.1, 0.15) is 4.99 Å². The van der Waals surface area contributed by atoms with E-state index in [9.17, 15) is 0 Å². The zero-order chi connectivity index (χ0) is 11.5. The first-order valence-corrected chi connectivity index (χ1v) is 6.20. The SMILES string of the molecule is CC1CCCN1Cc1ccc(C(N)=S)cc1. The molecule has 0 bridgehead atoms. The minimum absolute atomic E-state index is 0.473. The van der Waals surface area contributed by atoms with Crippen molar-refractivity contribution in [3.05, 3.63) is 35.4 Å². The van der Waals surface area contributed by atoms with Crippen molar-refractivity contribution in [2.24, 2.45) is 5.73 Å². The van der Waals surface area contributed by atoms with Gasteiger partial charge in [0.15, 0.2) is 0 Å². The van der Waals surface area contributed by atoms with Crippen LogP contribution in [0.1, 0.15) is 30.9 Å². The monoisotopic (exact) mass is 234 g/mol. The second-order valence-electron chi connectivity index (χ2n) is 4.52. The fourth-order valence-corrected chi connectivity index (χ4v) is 2.37. The minimum atomic E-state index is 0.473. The second kappa shape index (κ2) is 4.93. The molecule has 0 aliphatic carbocycles. The third-order valence-electron chi connectivity index (χ3n) is 3.31. The first-order chi connectivity index (χ1) is 7.66. The maximum atomic E-state index is 5.57. The van der Waals surface area contributed by atoms with E-state index in [1.54, 1.807) is 0 Å². The first kappa shape index (κ1) is 11.6. The Kier molecular flexibility index (Phi) is 3.56. The van der Waals surface area contributed by atoms with Crippen LogP contribution in [0, 0.1) is 0 Å². The molecule has 2 rings (SSSR count). The zero-order valence-electron chi connectivity index (χ0n) is 9.65. The minimum Gasteiger partial charge on any atom is -0.389 e. The van der Waals surface area contributed by atoms with E-state index in [0.717, 1.165) is 18.2 Å². The summed E-state index contributed by atoms with van der Waals surface area (Å²) in [7, 11) is 0. The van der Waals surface area contributed by atoms with Crippen LogP contribution in [0.5, 0.6) is 0 Å². The molecule has 2 nitrogen and oxygen atoms in total. The summed E-state index contributed by atoms with van der Waals surface area (Å²) in [5.41, 5.74) is 7.86. The predicted octanol–water partition coefficient (Wildman–Crippen LogP) is 2.31. The van der Waals surface area contributed by atoms with Gasteiger partial charge in [0.2, 0.25) is 0 Å². The summed E-state index contributed by atoms with van der Waals surface area (Å²) in [4.78, 5) is 3.00. The smallest absolute Gasteiger partial charge is 0.103 e. The van der Waals surface area contributed by atoms with E-state index in [2.05, 4.69) is 24.0 Å². The lowest BCUT2D eigenvalue weighted by Crippen LogP contribution is -2.26. The highest BCUT2D eigenvalue weighted by molar-refractivity contribution is 7.80. The molecule has 1 aromatic carbocycles. The Labute approximate surface area is 102 Å². The Morgan fingerprint density at radius 3 is 2.62 bits per heavy atom. The summed E-state index contributed by atoms with van der Waals surface area (Å²) in [6, 6.07) is 8.99. The van der Waals surface area contributed by atoms with Crippen molar-refractivity contribution < 1.29 is 0 Å². The van der Waals surface area contributed by atoms with E-state index in [4.69, 9.17) is 18.0 Å². The fraction of sp³-hybridized carbons (Fsp3) is 0.462. The average Bonchev–Trinajstić information content (AvgIpc) is 2.65. The predicted molar refractivity (Wildman–Crippen MR) is 71.4 cm³/mol. The molecule has 0 aromatic heterocycles. The molecule has 1 unspecified atom stereocenters. The topological polar surface area (TPSA) is 29.3 Å². The molecule has 1 aromatic rings. The number of nitrogens with zero attached hydrogens (tertiary/aromatic N) is 1. The highest BCUT2D eigenvalue weighted by atomic mass is 32.1. The maximum absolute atomic E-state index is 5.57. The van der Waals surface area contributed by atoms with Crippen LogP contribution in [0.4, 0.5) is 0 Å². The molecule has 1 heterocycles. The summed E-state index contributed by atoms with van der Waals surface area (Å²) in [6.07, 6.45) is 2.65. The Morgan fingerprint density at radius 1 is 1.44 bits per heavy atom. The summed E-state index contributed by atoms with van der Waals surface area (Å²) in [6.45, 7) is 4.56. The van der Waals surface area contributed by atoms with Crippen LogP contribution < -0.4 is 5.73 Å². The third-order valence-corrected chi connectivity index (χ3v) is 3.55. The lowest BCUT2D eigenvalue weighted by atomic mass is 10.1. The van der Waals surface area contributed by atoms with Crippen LogP contribution in [-0.4, -0.2) is 22.5 Å². The molecule has 86 valence electrons. The van der Waals surface area contributed by atoms with Crippen LogP contribution in [0.15, 0.2) is 24.3 Å². The number of hydrogen-bond acceptors (Lipinski definition) is 2. The summed E-state index contributed by atoms with van der Waals surface area (Å²) in [5, 5.41) is 0. The molecule has 1 atom stereocenters. The fourth-order valence-electron chi connectivity index (χ4n) is 2.24. The van der Waals surface area contributed by atoms with E-state index < -0.39 is 0 Å². The van der Waals surface area contributed by atoms with Crippen molar-refractivity contribution in [3.63, 3.8) is 0 Å². The number of hydrogen-bond donors (Lipinski definition) is 1. The molecule has 0 saturated carbocycles. The highest BCUT2D eigenvalue weighted by Gasteiger charge is 2.19. The van der Waals surface area contributed by atoms with Crippen molar-refractivity contribution in [2.75, 3.05) is 6.54 Å². The standard InChI is InChI=1S/C13H18N2S/c1-10-3-2-8-15(10)9-11-4-6-12(7-5-11)13(14)16/h4-7,10H,2-3,8-9H2,1H3,(H2,14,16). The van der Waals surface area contributed by atoms with Crippen LogP contribution in [0.25, 0.3) is 0 Å². The number of nitrogens with two attached hydrogens (primary N) is 1. The van der Waals surface area contributed by atoms with Gasteiger partial charge >= 0.3 is 0 Å². The summed E-state index contributed by atoms with van der Waals surface area (Å²) >= 11 is 4.93. The zero-order valence-corrected chi connectivity index (χ0v) is 10.5. The summed E-state index contributed by atoms with van der Waals surface area (Å²) < 4.78 is 0. The number of likely N-dealkylation sites (tertiary alicyclic amines) is 1. The lowest BCUT2D eigenvalue weighted by Gasteiger charge is -2.20. The Hall–Kier alpha value is -0.930. The van der Waals surface area contributed by atoms with E-state index >= 15 is 0 Å². The van der Waals surface area contributed by atoms with Crippen molar-refractivity contribution in [3.8, 4) is 0 Å². The van der Waals surface area contributed by atoms with Gasteiger partial charge in [0, 0.05) is 18.2 Å². The van der Waals surface area contributed by atoms with Gasteiger partial charge in [-0.15, -0.1) is 0 Å². The molecule has 1 aliphatic rings.